The highest BCUT2D eigenvalue weighted by Crippen LogP contribution is 2.32. The van der Waals surface area contributed by atoms with Crippen LogP contribution in [0.15, 0.2) is 54.6 Å². The number of nitrogens with one attached hydrogen (secondary N) is 1. The van der Waals surface area contributed by atoms with Gasteiger partial charge in [0, 0.05) is 50.1 Å². The highest BCUT2D eigenvalue weighted by Gasteiger charge is 2.36. The molecule has 2 aliphatic heterocycles. The van der Waals surface area contributed by atoms with E-state index in [-0.39, 0.29) is 24.8 Å². The molecule has 0 saturated carbocycles. The van der Waals surface area contributed by atoms with E-state index in [4.69, 9.17) is 9.47 Å². The number of rotatable bonds is 8. The number of amides is 2. The first kappa shape index (κ1) is 28.2. The summed E-state index contributed by atoms with van der Waals surface area (Å²) in [5.74, 6) is -0.590. The van der Waals surface area contributed by atoms with E-state index >= 15 is 0 Å². The second kappa shape index (κ2) is 12.5. The van der Waals surface area contributed by atoms with E-state index < -0.39 is 31.4 Å². The number of ether oxygens (including phenoxy) is 2. The molecule has 2 aromatic carbocycles. The SMILES string of the molecule is COC(C(=O)N1Cc2c(NC(=O)c3ccc(N4CCN(C)CC4)cc3)nn(C(=O)OCCF)c2C1)c1ccccc1. The summed E-state index contributed by atoms with van der Waals surface area (Å²) >= 11 is 0. The van der Waals surface area contributed by atoms with Crippen molar-refractivity contribution in [1.29, 1.82) is 0 Å². The van der Waals surface area contributed by atoms with Gasteiger partial charge in [-0.1, -0.05) is 30.3 Å². The molecule has 5 rings (SSSR count). The van der Waals surface area contributed by atoms with Gasteiger partial charge in [-0.15, -0.1) is 5.10 Å². The van der Waals surface area contributed by atoms with E-state index in [0.717, 1.165) is 36.5 Å². The number of hydrogen-bond donors (Lipinski definition) is 1. The van der Waals surface area contributed by atoms with Crippen LogP contribution in [0.4, 0.5) is 20.7 Å². The lowest BCUT2D eigenvalue weighted by Gasteiger charge is -2.34. The van der Waals surface area contributed by atoms with Gasteiger partial charge in [0.1, 0.15) is 13.3 Å². The standard InChI is InChI=1S/C29H33FN6O5/c1-33-13-15-34(16-14-33)22-10-8-21(9-11-22)27(37)31-26-23-18-35(19-24(23)36(32-26)29(39)41-17-12-30)28(38)25(40-2)20-6-4-3-5-7-20/h3-11,25H,12-19H2,1-2H3,(H,31,32,37). The summed E-state index contributed by atoms with van der Waals surface area (Å²) in [4.78, 5) is 45.4. The third-order valence-electron chi connectivity index (χ3n) is 7.36. The second-order valence-corrected chi connectivity index (χ2v) is 10.0. The topological polar surface area (TPSA) is 109 Å². The molecule has 1 N–H and O–H groups in total. The van der Waals surface area contributed by atoms with Crippen molar-refractivity contribution in [1.82, 2.24) is 19.6 Å². The maximum absolute atomic E-state index is 13.4. The van der Waals surface area contributed by atoms with Crippen molar-refractivity contribution in [3.63, 3.8) is 0 Å². The second-order valence-electron chi connectivity index (χ2n) is 10.0. The highest BCUT2D eigenvalue weighted by atomic mass is 19.1. The van der Waals surface area contributed by atoms with Crippen LogP contribution in [-0.4, -0.2) is 91.1 Å². The van der Waals surface area contributed by atoms with Crippen molar-refractivity contribution in [3.8, 4) is 0 Å². The van der Waals surface area contributed by atoms with Crippen LogP contribution in [0.2, 0.25) is 0 Å². The molecule has 41 heavy (non-hydrogen) atoms. The molecule has 3 heterocycles. The molecule has 216 valence electrons. The Kier molecular flexibility index (Phi) is 8.60. The predicted octanol–water partition coefficient (Wildman–Crippen LogP) is 3.07. The van der Waals surface area contributed by atoms with Gasteiger partial charge in [0.25, 0.3) is 11.8 Å². The van der Waals surface area contributed by atoms with Gasteiger partial charge in [-0.3, -0.25) is 9.59 Å². The first-order valence-electron chi connectivity index (χ1n) is 13.4. The Morgan fingerprint density at radius 3 is 2.37 bits per heavy atom. The molecule has 0 radical (unpaired) electrons. The summed E-state index contributed by atoms with van der Waals surface area (Å²) in [6.45, 7) is 2.61. The molecule has 3 aromatic rings. The summed E-state index contributed by atoms with van der Waals surface area (Å²) in [5.41, 5.74) is 3.02. The molecular weight excluding hydrogens is 531 g/mol. The van der Waals surface area contributed by atoms with E-state index in [0.29, 0.717) is 22.4 Å². The fourth-order valence-electron chi connectivity index (χ4n) is 5.08. The number of aromatic nitrogens is 2. The van der Waals surface area contributed by atoms with Crippen LogP contribution in [0.25, 0.3) is 0 Å². The van der Waals surface area contributed by atoms with E-state index in [1.54, 1.807) is 24.3 Å². The number of likely N-dealkylation sites (N-methyl/N-ethyl adjacent to an activating group) is 1. The van der Waals surface area contributed by atoms with E-state index in [1.165, 1.54) is 12.0 Å². The first-order chi connectivity index (χ1) is 19.9. The Balaban J connectivity index is 1.35. The number of piperazine rings is 1. The zero-order valence-corrected chi connectivity index (χ0v) is 23.1. The van der Waals surface area contributed by atoms with Crippen molar-refractivity contribution in [2.75, 3.05) is 63.8 Å². The first-order valence-corrected chi connectivity index (χ1v) is 13.4. The molecule has 2 amide bonds. The van der Waals surface area contributed by atoms with Gasteiger partial charge in [-0.2, -0.15) is 4.68 Å². The fourth-order valence-corrected chi connectivity index (χ4v) is 5.08. The van der Waals surface area contributed by atoms with Gasteiger partial charge < -0.3 is 29.5 Å². The Bertz CT molecular complexity index is 1390. The van der Waals surface area contributed by atoms with Crippen molar-refractivity contribution in [2.45, 2.75) is 19.2 Å². The minimum atomic E-state index is -0.892. The zero-order chi connectivity index (χ0) is 28.9. The minimum absolute atomic E-state index is 0.0359. The summed E-state index contributed by atoms with van der Waals surface area (Å²) < 4.78 is 24.1. The normalized spacial score (nSPS) is 15.9. The Morgan fingerprint density at radius 1 is 1.00 bits per heavy atom. The smallest absolute Gasteiger partial charge is 0.435 e. The van der Waals surface area contributed by atoms with Gasteiger partial charge in [-0.25, -0.2) is 9.18 Å². The molecule has 1 atom stereocenters. The van der Waals surface area contributed by atoms with Crippen LogP contribution in [0.5, 0.6) is 0 Å². The lowest BCUT2D eigenvalue weighted by Crippen LogP contribution is -2.44. The lowest BCUT2D eigenvalue weighted by molar-refractivity contribution is -0.143. The number of alkyl halides is 1. The Labute approximate surface area is 237 Å². The van der Waals surface area contributed by atoms with Gasteiger partial charge in [0.2, 0.25) is 0 Å². The largest absolute Gasteiger partial charge is 0.445 e. The highest BCUT2D eigenvalue weighted by molar-refractivity contribution is 6.04. The molecule has 2 aliphatic rings. The third kappa shape index (κ3) is 6.08. The van der Waals surface area contributed by atoms with Crippen LogP contribution >= 0.6 is 0 Å². The number of nitrogens with zero attached hydrogens (tertiary/aromatic N) is 5. The summed E-state index contributed by atoms with van der Waals surface area (Å²) in [6, 6.07) is 16.4. The van der Waals surface area contributed by atoms with Crippen LogP contribution in [0.1, 0.15) is 33.3 Å². The monoisotopic (exact) mass is 564 g/mol. The van der Waals surface area contributed by atoms with Crippen LogP contribution < -0.4 is 10.2 Å². The van der Waals surface area contributed by atoms with E-state index in [1.807, 2.05) is 30.3 Å². The molecule has 1 fully saturated rings. The van der Waals surface area contributed by atoms with Gasteiger partial charge in [-0.05, 0) is 36.9 Å². The van der Waals surface area contributed by atoms with E-state index in [9.17, 15) is 18.8 Å². The predicted molar refractivity (Wildman–Crippen MR) is 149 cm³/mol. The number of benzene rings is 2. The zero-order valence-electron chi connectivity index (χ0n) is 23.1. The number of carbonyl (C=O) groups excluding carboxylic acids is 3. The molecule has 1 unspecified atom stereocenters. The van der Waals surface area contributed by atoms with Gasteiger partial charge in [0.15, 0.2) is 11.9 Å². The molecule has 1 aromatic heterocycles. The number of halogens is 1. The molecular formula is C29H33FN6O5. The molecule has 0 spiro atoms. The van der Waals surface area contributed by atoms with Gasteiger partial charge in [0.05, 0.1) is 18.8 Å². The van der Waals surface area contributed by atoms with Crippen molar-refractivity contribution < 1.29 is 28.2 Å². The average Bonchev–Trinajstić information content (AvgIpc) is 3.58. The number of fused-ring (bicyclic) bond motifs is 1. The number of anilines is 2. The fraction of sp³-hybridized carbons (Fsp3) is 0.379. The Morgan fingerprint density at radius 2 is 1.71 bits per heavy atom. The number of hydrogen-bond acceptors (Lipinski definition) is 8. The number of carbonyl (C=O) groups is 3. The van der Waals surface area contributed by atoms with E-state index in [2.05, 4.69) is 27.3 Å². The molecule has 0 bridgehead atoms. The summed E-state index contributed by atoms with van der Waals surface area (Å²) in [6.07, 6.45) is -1.74. The lowest BCUT2D eigenvalue weighted by atomic mass is 10.1. The van der Waals surface area contributed by atoms with Crippen LogP contribution in [0.3, 0.4) is 0 Å². The van der Waals surface area contributed by atoms with Crippen LogP contribution in [-0.2, 0) is 27.4 Å². The number of methoxy groups -OCH3 is 1. The summed E-state index contributed by atoms with van der Waals surface area (Å²) in [7, 11) is 3.55. The molecule has 12 heteroatoms. The van der Waals surface area contributed by atoms with Crippen molar-refractivity contribution in [2.24, 2.45) is 0 Å². The maximum Gasteiger partial charge on any atom is 0.435 e. The molecule has 11 nitrogen and oxygen atoms in total. The Hall–Kier alpha value is -4.29. The quantitative estimate of drug-likeness (QED) is 0.445. The van der Waals surface area contributed by atoms with Crippen molar-refractivity contribution >= 4 is 29.4 Å². The van der Waals surface area contributed by atoms with Gasteiger partial charge >= 0.3 is 6.09 Å². The minimum Gasteiger partial charge on any atom is -0.445 e. The average molecular weight is 565 g/mol. The molecule has 0 aliphatic carbocycles. The maximum atomic E-state index is 13.4. The third-order valence-corrected chi connectivity index (χ3v) is 7.36. The van der Waals surface area contributed by atoms with Crippen molar-refractivity contribution in [3.05, 3.63) is 77.0 Å². The summed E-state index contributed by atoms with van der Waals surface area (Å²) in [5, 5.41) is 7.06. The molecule has 1 saturated heterocycles. The van der Waals surface area contributed by atoms with Crippen LogP contribution in [0, 0.1) is 0 Å².